The van der Waals surface area contributed by atoms with Gasteiger partial charge in [0, 0.05) is 24.4 Å². The average molecular weight is 274 g/mol. The van der Waals surface area contributed by atoms with Gasteiger partial charge in [0.1, 0.15) is 5.82 Å². The summed E-state index contributed by atoms with van der Waals surface area (Å²) in [4.78, 5) is 7.26. The Morgan fingerprint density at radius 1 is 1.24 bits per heavy atom. The molecule has 0 fully saturated rings. The predicted octanol–water partition coefficient (Wildman–Crippen LogP) is 2.67. The Labute approximate surface area is 114 Å². The summed E-state index contributed by atoms with van der Waals surface area (Å²) in [7, 11) is 0. The smallest absolute Gasteiger partial charge is 0.108 e. The Balaban J connectivity index is 0.00000128. The highest BCUT2D eigenvalue weighted by Crippen LogP contribution is 2.20. The highest BCUT2D eigenvalue weighted by atomic mass is 35.5. The summed E-state index contributed by atoms with van der Waals surface area (Å²) in [5.41, 5.74) is 7.02. The van der Waals surface area contributed by atoms with Crippen molar-refractivity contribution < 1.29 is 0 Å². The number of rotatable bonds is 3. The van der Waals surface area contributed by atoms with E-state index in [9.17, 15) is 0 Å². The van der Waals surface area contributed by atoms with Crippen LogP contribution in [0, 0.1) is 0 Å². The highest BCUT2D eigenvalue weighted by Gasteiger charge is 2.22. The normalized spacial score (nSPS) is 13.1. The summed E-state index contributed by atoms with van der Waals surface area (Å²) in [5.74, 6) is 0.920. The van der Waals surface area contributed by atoms with Crippen LogP contribution in [0.2, 0.25) is 0 Å². The maximum absolute atomic E-state index is 6.27. The van der Waals surface area contributed by atoms with Crippen LogP contribution in [0.15, 0.2) is 42.7 Å². The fourth-order valence-electron chi connectivity index (χ4n) is 1.66. The Hall–Kier alpha value is -1.03. The van der Waals surface area contributed by atoms with Gasteiger partial charge in [0.05, 0.1) is 0 Å². The van der Waals surface area contributed by atoms with Gasteiger partial charge in [-0.3, -0.25) is 0 Å². The van der Waals surface area contributed by atoms with Crippen molar-refractivity contribution in [1.29, 1.82) is 0 Å². The van der Waals surface area contributed by atoms with E-state index >= 15 is 0 Å². The highest BCUT2D eigenvalue weighted by molar-refractivity contribution is 5.85. The zero-order chi connectivity index (χ0) is 10.7. The third kappa shape index (κ3) is 4.04. The van der Waals surface area contributed by atoms with Crippen LogP contribution < -0.4 is 5.73 Å². The molecule has 1 aromatic heterocycles. The number of hydrogen-bond acceptors (Lipinski definition) is 2. The number of aromatic amines is 1. The first-order valence-electron chi connectivity index (χ1n) is 5.01. The Kier molecular flexibility index (Phi) is 6.24. The lowest BCUT2D eigenvalue weighted by molar-refractivity contribution is 0.480. The van der Waals surface area contributed by atoms with Crippen molar-refractivity contribution in [3.05, 3.63) is 54.1 Å². The Bertz CT molecular complexity index is 413. The van der Waals surface area contributed by atoms with Crippen molar-refractivity contribution >= 4 is 24.8 Å². The molecule has 17 heavy (non-hydrogen) atoms. The molecular formula is C12H17Cl2N3. The van der Waals surface area contributed by atoms with Crippen LogP contribution in [-0.4, -0.2) is 9.97 Å². The molecule has 1 aromatic carbocycles. The second-order valence-corrected chi connectivity index (χ2v) is 4.00. The number of aromatic nitrogens is 2. The molecule has 1 unspecified atom stereocenters. The number of nitrogens with zero attached hydrogens (tertiary/aromatic N) is 1. The van der Waals surface area contributed by atoms with Crippen LogP contribution in [-0.2, 0) is 12.0 Å². The van der Waals surface area contributed by atoms with Crippen molar-refractivity contribution in [3.8, 4) is 0 Å². The number of benzene rings is 1. The number of H-pyrrole nitrogens is 1. The number of nitrogens with two attached hydrogens (primary N) is 1. The maximum atomic E-state index is 6.27. The minimum Gasteiger partial charge on any atom is -0.349 e. The Morgan fingerprint density at radius 3 is 2.41 bits per heavy atom. The van der Waals surface area contributed by atoms with Crippen LogP contribution in [0.5, 0.6) is 0 Å². The van der Waals surface area contributed by atoms with Crippen molar-refractivity contribution in [2.24, 2.45) is 5.73 Å². The van der Waals surface area contributed by atoms with Gasteiger partial charge in [0.2, 0.25) is 0 Å². The number of nitrogens with one attached hydrogen (secondary N) is 1. The largest absolute Gasteiger partial charge is 0.349 e. The van der Waals surface area contributed by atoms with E-state index < -0.39 is 0 Å². The molecule has 2 rings (SSSR count). The molecule has 3 N–H and O–H groups in total. The lowest BCUT2D eigenvalue weighted by Crippen LogP contribution is -2.35. The quantitative estimate of drug-likeness (QED) is 0.904. The summed E-state index contributed by atoms with van der Waals surface area (Å²) in [6, 6.07) is 10.1. The third-order valence-corrected chi connectivity index (χ3v) is 2.52. The monoisotopic (exact) mass is 273 g/mol. The average Bonchev–Trinajstić information content (AvgIpc) is 2.71. The van der Waals surface area contributed by atoms with Gasteiger partial charge in [-0.1, -0.05) is 30.3 Å². The lowest BCUT2D eigenvalue weighted by Gasteiger charge is -2.24. The standard InChI is InChI=1S/C12H15N3.2ClH/c1-12(13,9-11-14-7-8-15-11)10-5-3-2-4-6-10;;/h2-8H,9,13H2,1H3,(H,14,15);2*1H. The minimum atomic E-state index is -0.376. The molecule has 1 heterocycles. The molecule has 1 atom stereocenters. The number of halogens is 2. The summed E-state index contributed by atoms with van der Waals surface area (Å²) in [6.07, 6.45) is 4.27. The summed E-state index contributed by atoms with van der Waals surface area (Å²) < 4.78 is 0. The second-order valence-electron chi connectivity index (χ2n) is 4.00. The molecule has 2 aromatic rings. The van der Waals surface area contributed by atoms with E-state index in [0.717, 1.165) is 11.4 Å². The van der Waals surface area contributed by atoms with Crippen LogP contribution in [0.4, 0.5) is 0 Å². The van der Waals surface area contributed by atoms with E-state index in [1.807, 2.05) is 43.5 Å². The van der Waals surface area contributed by atoms with Crippen LogP contribution in [0.3, 0.4) is 0 Å². The van der Waals surface area contributed by atoms with Crippen molar-refractivity contribution in [2.45, 2.75) is 18.9 Å². The molecule has 3 nitrogen and oxygen atoms in total. The van der Waals surface area contributed by atoms with Gasteiger partial charge in [-0.15, -0.1) is 24.8 Å². The lowest BCUT2D eigenvalue weighted by atomic mass is 9.89. The van der Waals surface area contributed by atoms with Crippen molar-refractivity contribution in [3.63, 3.8) is 0 Å². The predicted molar refractivity (Wildman–Crippen MR) is 74.8 cm³/mol. The molecule has 0 saturated carbocycles. The van der Waals surface area contributed by atoms with Crippen LogP contribution in [0.1, 0.15) is 18.3 Å². The van der Waals surface area contributed by atoms with Gasteiger partial charge >= 0.3 is 0 Å². The second kappa shape index (κ2) is 6.64. The first-order chi connectivity index (χ1) is 7.18. The van der Waals surface area contributed by atoms with Crippen LogP contribution >= 0.6 is 24.8 Å². The molecule has 0 radical (unpaired) electrons. The molecule has 0 aliphatic rings. The maximum Gasteiger partial charge on any atom is 0.108 e. The van der Waals surface area contributed by atoms with Gasteiger partial charge in [0.15, 0.2) is 0 Å². The van der Waals surface area contributed by atoms with Crippen molar-refractivity contribution in [2.75, 3.05) is 0 Å². The fraction of sp³-hybridized carbons (Fsp3) is 0.250. The van der Waals surface area contributed by atoms with Gasteiger partial charge in [-0.2, -0.15) is 0 Å². The number of hydrogen-bond donors (Lipinski definition) is 2. The molecule has 5 heteroatoms. The molecule has 0 saturated heterocycles. The summed E-state index contributed by atoms with van der Waals surface area (Å²) in [5, 5.41) is 0. The van der Waals surface area contributed by atoms with E-state index in [1.54, 1.807) is 6.20 Å². The van der Waals surface area contributed by atoms with E-state index in [1.165, 1.54) is 0 Å². The molecule has 0 aliphatic heterocycles. The first kappa shape index (κ1) is 16.0. The van der Waals surface area contributed by atoms with Crippen LogP contribution in [0.25, 0.3) is 0 Å². The van der Waals surface area contributed by atoms with E-state index in [4.69, 9.17) is 5.73 Å². The molecule has 0 amide bonds. The minimum absolute atomic E-state index is 0. The molecule has 0 spiro atoms. The summed E-state index contributed by atoms with van der Waals surface area (Å²) in [6.45, 7) is 2.02. The van der Waals surface area contributed by atoms with Gasteiger partial charge < -0.3 is 10.7 Å². The van der Waals surface area contributed by atoms with E-state index in [0.29, 0.717) is 6.42 Å². The topological polar surface area (TPSA) is 54.7 Å². The summed E-state index contributed by atoms with van der Waals surface area (Å²) >= 11 is 0. The van der Waals surface area contributed by atoms with E-state index in [-0.39, 0.29) is 30.4 Å². The van der Waals surface area contributed by atoms with Gasteiger partial charge in [-0.05, 0) is 12.5 Å². The fourth-order valence-corrected chi connectivity index (χ4v) is 1.66. The third-order valence-electron chi connectivity index (χ3n) is 2.52. The molecule has 0 aliphatic carbocycles. The number of imidazole rings is 1. The molecule has 0 bridgehead atoms. The SMILES string of the molecule is CC(N)(Cc1ncc[nH]1)c1ccccc1.Cl.Cl. The molecular weight excluding hydrogens is 257 g/mol. The Morgan fingerprint density at radius 2 is 1.88 bits per heavy atom. The van der Waals surface area contributed by atoms with E-state index in [2.05, 4.69) is 9.97 Å². The van der Waals surface area contributed by atoms with Gasteiger partial charge in [-0.25, -0.2) is 4.98 Å². The van der Waals surface area contributed by atoms with Crippen molar-refractivity contribution in [1.82, 2.24) is 9.97 Å². The first-order valence-corrected chi connectivity index (χ1v) is 5.01. The van der Waals surface area contributed by atoms with Gasteiger partial charge in [0.25, 0.3) is 0 Å². The zero-order valence-electron chi connectivity index (χ0n) is 9.59. The molecule has 94 valence electrons. The zero-order valence-corrected chi connectivity index (χ0v) is 11.2.